The Balaban J connectivity index is 2.11. The highest BCUT2D eigenvalue weighted by atomic mass is 127. The molecule has 0 aliphatic heterocycles. The van der Waals surface area contributed by atoms with Gasteiger partial charge in [0.2, 0.25) is 11.3 Å². The van der Waals surface area contributed by atoms with E-state index in [0.717, 1.165) is 6.07 Å². The number of aryl methyl sites for hydroxylation is 1. The fourth-order valence-electron chi connectivity index (χ4n) is 2.69. The number of ether oxygens (including phenoxy) is 1. The number of nitrogens with two attached hydrogens (primary N) is 1. The van der Waals surface area contributed by atoms with Crippen molar-refractivity contribution in [2.24, 2.45) is 5.73 Å². The van der Waals surface area contributed by atoms with E-state index in [1.807, 2.05) is 22.6 Å². The van der Waals surface area contributed by atoms with Crippen molar-refractivity contribution in [1.29, 1.82) is 0 Å². The van der Waals surface area contributed by atoms with E-state index in [1.54, 1.807) is 6.07 Å². The maximum absolute atomic E-state index is 14.4. The summed E-state index contributed by atoms with van der Waals surface area (Å²) >= 11 is 1.97. The summed E-state index contributed by atoms with van der Waals surface area (Å²) in [7, 11) is 0. The van der Waals surface area contributed by atoms with Gasteiger partial charge >= 0.3 is 0 Å². The summed E-state index contributed by atoms with van der Waals surface area (Å²) in [6.07, 6.45) is 1.24. The molecule has 0 radical (unpaired) electrons. The van der Waals surface area contributed by atoms with E-state index in [4.69, 9.17) is 10.5 Å². The second-order valence-corrected chi connectivity index (χ2v) is 7.32. The molecule has 1 aromatic heterocycles. The molecule has 0 aliphatic carbocycles. The van der Waals surface area contributed by atoms with Crippen molar-refractivity contribution >= 4 is 50.8 Å². The second kappa shape index (κ2) is 8.13. The van der Waals surface area contributed by atoms with Crippen LogP contribution in [0.5, 0.6) is 5.75 Å². The summed E-state index contributed by atoms with van der Waals surface area (Å²) in [6.45, 7) is 1.45. The second-order valence-electron chi connectivity index (χ2n) is 6.08. The van der Waals surface area contributed by atoms with E-state index in [1.165, 1.54) is 25.3 Å². The number of carbonyl (C=O) groups excluding carboxylic acids is 1. The number of nitrogens with one attached hydrogen (secondary N) is 2. The number of fused-ring (bicyclic) bond motifs is 1. The van der Waals surface area contributed by atoms with Crippen LogP contribution in [-0.2, 0) is 4.79 Å². The molecule has 0 atom stereocenters. The molecule has 0 saturated heterocycles. The molecular formula is C19H16F2IN3O3. The van der Waals surface area contributed by atoms with Crippen molar-refractivity contribution in [2.45, 2.75) is 13.3 Å². The molecule has 0 aliphatic rings. The number of halogens is 3. The predicted molar refractivity (Wildman–Crippen MR) is 111 cm³/mol. The Kier molecular flexibility index (Phi) is 5.82. The van der Waals surface area contributed by atoms with Gasteiger partial charge in [-0.05, 0) is 53.8 Å². The lowest BCUT2D eigenvalue weighted by molar-refractivity contribution is -0.118. The lowest BCUT2D eigenvalue weighted by Crippen LogP contribution is -2.17. The highest BCUT2D eigenvalue weighted by Gasteiger charge is 2.17. The third-order valence-corrected chi connectivity index (χ3v) is 4.80. The number of benzene rings is 2. The zero-order chi connectivity index (χ0) is 20.4. The first-order valence-corrected chi connectivity index (χ1v) is 9.33. The Morgan fingerprint density at radius 3 is 2.68 bits per heavy atom. The smallest absolute Gasteiger partial charge is 0.233 e. The normalized spacial score (nSPS) is 10.9. The van der Waals surface area contributed by atoms with Gasteiger partial charge in [-0.15, -0.1) is 0 Å². The molecule has 146 valence electrons. The summed E-state index contributed by atoms with van der Waals surface area (Å²) < 4.78 is 34.6. The van der Waals surface area contributed by atoms with E-state index in [9.17, 15) is 18.4 Å². The fourth-order valence-corrected chi connectivity index (χ4v) is 3.15. The fraction of sp³-hybridized carbons (Fsp3) is 0.158. The van der Waals surface area contributed by atoms with Crippen LogP contribution in [0.15, 0.2) is 35.3 Å². The summed E-state index contributed by atoms with van der Waals surface area (Å²) in [5.74, 6) is -1.71. The standard InChI is InChI=1S/C19H16F2IN3O3/c1-9-11(20)7-14(25-13-3-2-10(22)6-12(13)21)17-18(9)24-8-15(19(17)27)28-5-4-16(23)26/h2-3,6-8,25H,4-5H2,1H3,(H2,23,26)(H,24,27). The molecule has 1 heterocycles. The van der Waals surface area contributed by atoms with Crippen LogP contribution in [0.1, 0.15) is 12.0 Å². The van der Waals surface area contributed by atoms with Gasteiger partial charge in [0, 0.05) is 15.3 Å². The number of amides is 1. The number of anilines is 2. The Morgan fingerprint density at radius 2 is 2.00 bits per heavy atom. The maximum Gasteiger partial charge on any atom is 0.233 e. The molecule has 4 N–H and O–H groups in total. The molecule has 0 fully saturated rings. The molecule has 0 bridgehead atoms. The monoisotopic (exact) mass is 499 g/mol. The van der Waals surface area contributed by atoms with Gasteiger partial charge in [-0.1, -0.05) is 0 Å². The summed E-state index contributed by atoms with van der Waals surface area (Å²) in [5.41, 5.74) is 5.25. The molecule has 3 rings (SSSR count). The number of aromatic amines is 1. The van der Waals surface area contributed by atoms with E-state index < -0.39 is 23.0 Å². The van der Waals surface area contributed by atoms with Crippen LogP contribution < -0.4 is 21.2 Å². The number of hydrogen-bond donors (Lipinski definition) is 3. The molecule has 1 amide bonds. The van der Waals surface area contributed by atoms with Crippen molar-refractivity contribution in [1.82, 2.24) is 4.98 Å². The first-order chi connectivity index (χ1) is 13.3. The van der Waals surface area contributed by atoms with Crippen LogP contribution in [0.3, 0.4) is 0 Å². The van der Waals surface area contributed by atoms with Crippen molar-refractivity contribution in [3.8, 4) is 5.75 Å². The lowest BCUT2D eigenvalue weighted by Gasteiger charge is -2.14. The minimum atomic E-state index is -0.563. The van der Waals surface area contributed by atoms with Crippen LogP contribution in [0, 0.1) is 22.1 Å². The van der Waals surface area contributed by atoms with Crippen LogP contribution in [0.4, 0.5) is 20.2 Å². The molecule has 0 saturated carbocycles. The number of primary amides is 1. The van der Waals surface area contributed by atoms with Gasteiger partial charge in [0.15, 0.2) is 5.75 Å². The molecule has 2 aromatic carbocycles. The number of pyridine rings is 1. The Morgan fingerprint density at radius 1 is 1.25 bits per heavy atom. The first kappa shape index (κ1) is 20.1. The quantitative estimate of drug-likeness (QED) is 0.451. The van der Waals surface area contributed by atoms with Crippen molar-refractivity contribution in [3.63, 3.8) is 0 Å². The maximum atomic E-state index is 14.4. The van der Waals surface area contributed by atoms with Crippen molar-refractivity contribution in [3.05, 3.63) is 61.5 Å². The largest absolute Gasteiger partial charge is 0.487 e. The highest BCUT2D eigenvalue weighted by Crippen LogP contribution is 2.30. The van der Waals surface area contributed by atoms with Crippen LogP contribution in [0.2, 0.25) is 0 Å². The Labute approximate surface area is 172 Å². The third kappa shape index (κ3) is 4.08. The molecule has 0 unspecified atom stereocenters. The first-order valence-electron chi connectivity index (χ1n) is 8.25. The zero-order valence-corrected chi connectivity index (χ0v) is 16.9. The van der Waals surface area contributed by atoms with E-state index in [-0.39, 0.29) is 46.6 Å². The number of carbonyl (C=O) groups is 1. The van der Waals surface area contributed by atoms with Gasteiger partial charge < -0.3 is 20.8 Å². The predicted octanol–water partition coefficient (Wildman–Crippen LogP) is 3.72. The minimum absolute atomic E-state index is 0.0501. The van der Waals surface area contributed by atoms with E-state index in [2.05, 4.69) is 10.3 Å². The topological polar surface area (TPSA) is 97.2 Å². The van der Waals surface area contributed by atoms with Gasteiger partial charge in [-0.3, -0.25) is 9.59 Å². The van der Waals surface area contributed by atoms with Crippen LogP contribution in [-0.4, -0.2) is 17.5 Å². The van der Waals surface area contributed by atoms with Gasteiger partial charge in [0.05, 0.1) is 35.3 Å². The average molecular weight is 499 g/mol. The van der Waals surface area contributed by atoms with Gasteiger partial charge in [0.25, 0.3) is 0 Å². The van der Waals surface area contributed by atoms with Crippen LogP contribution >= 0.6 is 22.6 Å². The van der Waals surface area contributed by atoms with Gasteiger partial charge in [-0.2, -0.15) is 0 Å². The molecule has 9 heteroatoms. The molecule has 28 heavy (non-hydrogen) atoms. The zero-order valence-electron chi connectivity index (χ0n) is 14.7. The van der Waals surface area contributed by atoms with Crippen molar-refractivity contribution < 1.29 is 18.3 Å². The molecule has 6 nitrogen and oxygen atoms in total. The SMILES string of the molecule is Cc1c(F)cc(Nc2ccc(I)cc2F)c2c(=O)c(OCCC(N)=O)c[nH]c12. The lowest BCUT2D eigenvalue weighted by atomic mass is 10.1. The third-order valence-electron chi connectivity index (χ3n) is 4.13. The van der Waals surface area contributed by atoms with Crippen molar-refractivity contribution in [2.75, 3.05) is 11.9 Å². The number of aromatic nitrogens is 1. The molecular weight excluding hydrogens is 483 g/mol. The number of hydrogen-bond acceptors (Lipinski definition) is 4. The van der Waals surface area contributed by atoms with E-state index in [0.29, 0.717) is 3.57 Å². The van der Waals surface area contributed by atoms with Gasteiger partial charge in [-0.25, -0.2) is 8.78 Å². The molecule has 0 spiro atoms. The minimum Gasteiger partial charge on any atom is -0.487 e. The number of rotatable bonds is 6. The summed E-state index contributed by atoms with van der Waals surface area (Å²) in [5, 5.41) is 2.90. The van der Waals surface area contributed by atoms with Gasteiger partial charge in [0.1, 0.15) is 11.6 Å². The number of H-pyrrole nitrogens is 1. The average Bonchev–Trinajstić information content (AvgIpc) is 2.62. The van der Waals surface area contributed by atoms with E-state index >= 15 is 0 Å². The summed E-state index contributed by atoms with van der Waals surface area (Å²) in [4.78, 5) is 26.6. The van der Waals surface area contributed by atoms with Crippen LogP contribution in [0.25, 0.3) is 10.9 Å². The Hall–Kier alpha value is -2.69. The summed E-state index contributed by atoms with van der Waals surface area (Å²) in [6, 6.07) is 5.64. The molecule has 3 aromatic rings. The Bertz CT molecular complexity index is 1130. The highest BCUT2D eigenvalue weighted by molar-refractivity contribution is 14.1.